The maximum Gasteiger partial charge on any atom is 0.260 e. The third-order valence-corrected chi connectivity index (χ3v) is 3.76. The molecule has 0 saturated carbocycles. The molecule has 0 radical (unpaired) electrons. The Labute approximate surface area is 121 Å². The highest BCUT2D eigenvalue weighted by Crippen LogP contribution is 2.33. The molecule has 0 spiro atoms. The molecule has 0 aliphatic carbocycles. The summed E-state index contributed by atoms with van der Waals surface area (Å²) in [4.78, 5) is 25.5. The van der Waals surface area contributed by atoms with Crippen molar-refractivity contribution in [2.45, 2.75) is 24.7 Å². The van der Waals surface area contributed by atoms with E-state index < -0.39 is 24.2 Å². The summed E-state index contributed by atoms with van der Waals surface area (Å²) in [5.74, 6) is -0.338. The van der Waals surface area contributed by atoms with Crippen LogP contribution in [0.2, 0.25) is 0 Å². The van der Waals surface area contributed by atoms with Crippen LogP contribution in [0.1, 0.15) is 6.42 Å². The fourth-order valence-electron chi connectivity index (χ4n) is 2.68. The smallest absolute Gasteiger partial charge is 0.260 e. The van der Waals surface area contributed by atoms with Gasteiger partial charge in [0.1, 0.15) is 5.75 Å². The first-order chi connectivity index (χ1) is 10.1. The largest absolute Gasteiger partial charge is 0.477 e. The first-order valence-electron chi connectivity index (χ1n) is 6.84. The lowest BCUT2D eigenvalue weighted by molar-refractivity contribution is -0.125. The Morgan fingerprint density at radius 3 is 2.81 bits per heavy atom. The molecule has 1 fully saturated rings. The van der Waals surface area contributed by atoms with E-state index in [4.69, 9.17) is 10.5 Å². The molecule has 7 heteroatoms. The standard InChI is InChI=1S/C14H17N3O4/c15-13(19)12-7-17(10-3-1-2-4-11(10)21-12)14(20)9-5-8(18)6-16-9/h1-4,8-9,12,16,18H,5-7H2,(H2,15,19). The van der Waals surface area contributed by atoms with Crippen LogP contribution in [-0.4, -0.2) is 48.3 Å². The number of rotatable bonds is 2. The van der Waals surface area contributed by atoms with Gasteiger partial charge >= 0.3 is 0 Å². The van der Waals surface area contributed by atoms with Gasteiger partial charge in [-0.25, -0.2) is 0 Å². The zero-order valence-corrected chi connectivity index (χ0v) is 11.4. The van der Waals surface area contributed by atoms with E-state index in [1.165, 1.54) is 4.90 Å². The lowest BCUT2D eigenvalue weighted by Gasteiger charge is -2.34. The number of nitrogens with zero attached hydrogens (tertiary/aromatic N) is 1. The Bertz CT molecular complexity index is 577. The third kappa shape index (κ3) is 2.57. The highest BCUT2D eigenvalue weighted by molar-refractivity contribution is 6.00. The average molecular weight is 291 g/mol. The Kier molecular flexibility index (Phi) is 3.52. The van der Waals surface area contributed by atoms with Gasteiger partial charge in [0, 0.05) is 6.54 Å². The summed E-state index contributed by atoms with van der Waals surface area (Å²) < 4.78 is 5.52. The fraction of sp³-hybridized carbons (Fsp3) is 0.429. The van der Waals surface area contributed by atoms with E-state index >= 15 is 0 Å². The van der Waals surface area contributed by atoms with E-state index in [9.17, 15) is 14.7 Å². The van der Waals surface area contributed by atoms with Crippen LogP contribution in [0.4, 0.5) is 5.69 Å². The maximum absolute atomic E-state index is 12.6. The van der Waals surface area contributed by atoms with Gasteiger partial charge in [0.15, 0.2) is 6.10 Å². The number of para-hydroxylation sites is 2. The number of β-amino-alcohol motifs (C(OH)–C–C–N with tert-alkyl or cyclic N) is 1. The molecule has 4 N–H and O–H groups in total. The van der Waals surface area contributed by atoms with Crippen LogP contribution in [0.5, 0.6) is 5.75 Å². The third-order valence-electron chi connectivity index (χ3n) is 3.76. The Hall–Kier alpha value is -2.12. The Balaban J connectivity index is 1.89. The summed E-state index contributed by atoms with van der Waals surface area (Å²) in [6, 6.07) is 6.56. The normalized spacial score (nSPS) is 27.9. The van der Waals surface area contributed by atoms with Gasteiger partial charge < -0.3 is 25.8 Å². The molecular formula is C14H17N3O4. The molecule has 2 amide bonds. The molecule has 21 heavy (non-hydrogen) atoms. The number of amides is 2. The van der Waals surface area contributed by atoms with Gasteiger partial charge in [-0.2, -0.15) is 0 Å². The number of carbonyl (C=O) groups excluding carboxylic acids is 2. The van der Waals surface area contributed by atoms with Gasteiger partial charge in [0.25, 0.3) is 5.91 Å². The maximum atomic E-state index is 12.6. The summed E-state index contributed by atoms with van der Waals surface area (Å²) in [7, 11) is 0. The SMILES string of the molecule is NC(=O)C1CN(C(=O)C2CC(O)CN2)c2ccccc2O1. The van der Waals surface area contributed by atoms with Gasteiger partial charge in [-0.05, 0) is 18.6 Å². The fourth-order valence-corrected chi connectivity index (χ4v) is 2.68. The van der Waals surface area contributed by atoms with Crippen molar-refractivity contribution in [3.05, 3.63) is 24.3 Å². The summed E-state index contributed by atoms with van der Waals surface area (Å²) in [6.45, 7) is 0.473. The van der Waals surface area contributed by atoms with Crippen molar-refractivity contribution in [1.29, 1.82) is 0 Å². The van der Waals surface area contributed by atoms with Crippen LogP contribution in [0.25, 0.3) is 0 Å². The van der Waals surface area contributed by atoms with Gasteiger partial charge in [-0.15, -0.1) is 0 Å². The molecule has 2 heterocycles. The number of nitrogens with one attached hydrogen (secondary N) is 1. The zero-order chi connectivity index (χ0) is 15.0. The average Bonchev–Trinajstić information content (AvgIpc) is 2.92. The van der Waals surface area contributed by atoms with Crippen LogP contribution in [0.15, 0.2) is 24.3 Å². The highest BCUT2D eigenvalue weighted by Gasteiger charge is 2.37. The minimum atomic E-state index is -0.866. The molecular weight excluding hydrogens is 274 g/mol. The summed E-state index contributed by atoms with van der Waals surface area (Å²) in [5, 5.41) is 12.5. The molecule has 3 atom stereocenters. The number of hydrogen-bond donors (Lipinski definition) is 3. The molecule has 1 aromatic carbocycles. The van der Waals surface area contributed by atoms with Crippen LogP contribution >= 0.6 is 0 Å². The number of fused-ring (bicyclic) bond motifs is 1. The number of benzene rings is 1. The number of primary amides is 1. The van der Waals surface area contributed by atoms with E-state index in [-0.39, 0.29) is 12.5 Å². The minimum Gasteiger partial charge on any atom is -0.477 e. The van der Waals surface area contributed by atoms with Crippen molar-refractivity contribution in [2.24, 2.45) is 5.73 Å². The number of aliphatic hydroxyl groups is 1. The summed E-state index contributed by atoms with van der Waals surface area (Å²) in [5.41, 5.74) is 5.92. The molecule has 0 aromatic heterocycles. The number of carbonyl (C=O) groups is 2. The van der Waals surface area contributed by atoms with Gasteiger partial charge in [0.05, 0.1) is 24.4 Å². The second kappa shape index (κ2) is 5.34. The van der Waals surface area contributed by atoms with Crippen molar-refractivity contribution in [3.63, 3.8) is 0 Å². The number of nitrogens with two attached hydrogens (primary N) is 1. The zero-order valence-electron chi connectivity index (χ0n) is 11.4. The number of hydrogen-bond acceptors (Lipinski definition) is 5. The predicted molar refractivity (Wildman–Crippen MR) is 74.8 cm³/mol. The molecule has 3 rings (SSSR count). The van der Waals surface area contributed by atoms with E-state index in [0.717, 1.165) is 0 Å². The molecule has 1 saturated heterocycles. The Morgan fingerprint density at radius 1 is 1.38 bits per heavy atom. The van der Waals surface area contributed by atoms with Crippen molar-refractivity contribution < 1.29 is 19.4 Å². The van der Waals surface area contributed by atoms with Gasteiger partial charge in [0.2, 0.25) is 5.91 Å². The minimum absolute atomic E-state index is 0.0828. The van der Waals surface area contributed by atoms with E-state index in [1.54, 1.807) is 24.3 Å². The second-order valence-corrected chi connectivity index (χ2v) is 5.28. The van der Waals surface area contributed by atoms with Gasteiger partial charge in [-0.1, -0.05) is 12.1 Å². The number of aliphatic hydroxyl groups excluding tert-OH is 1. The number of ether oxygens (including phenoxy) is 1. The van der Waals surface area contributed by atoms with E-state index in [0.29, 0.717) is 24.4 Å². The van der Waals surface area contributed by atoms with Crippen molar-refractivity contribution in [1.82, 2.24) is 5.32 Å². The number of anilines is 1. The Morgan fingerprint density at radius 2 is 2.14 bits per heavy atom. The molecule has 2 aliphatic heterocycles. The predicted octanol–water partition coefficient (Wildman–Crippen LogP) is -1.01. The summed E-state index contributed by atoms with van der Waals surface area (Å²) >= 11 is 0. The molecule has 2 aliphatic rings. The second-order valence-electron chi connectivity index (χ2n) is 5.28. The first kappa shape index (κ1) is 13.8. The topological polar surface area (TPSA) is 105 Å². The highest BCUT2D eigenvalue weighted by atomic mass is 16.5. The quantitative estimate of drug-likeness (QED) is 0.647. The van der Waals surface area contributed by atoms with Crippen LogP contribution in [0, 0.1) is 0 Å². The van der Waals surface area contributed by atoms with Crippen molar-refractivity contribution >= 4 is 17.5 Å². The monoisotopic (exact) mass is 291 g/mol. The van der Waals surface area contributed by atoms with Crippen molar-refractivity contribution in [2.75, 3.05) is 18.0 Å². The lowest BCUT2D eigenvalue weighted by Crippen LogP contribution is -2.53. The molecule has 112 valence electrons. The lowest BCUT2D eigenvalue weighted by atomic mass is 10.1. The molecule has 0 bridgehead atoms. The van der Waals surface area contributed by atoms with Gasteiger partial charge in [-0.3, -0.25) is 9.59 Å². The summed E-state index contributed by atoms with van der Waals surface area (Å²) in [6.07, 6.45) is -1.03. The van der Waals surface area contributed by atoms with Crippen LogP contribution in [-0.2, 0) is 9.59 Å². The first-order valence-corrected chi connectivity index (χ1v) is 6.84. The van der Waals surface area contributed by atoms with Crippen molar-refractivity contribution in [3.8, 4) is 5.75 Å². The van der Waals surface area contributed by atoms with Crippen LogP contribution in [0.3, 0.4) is 0 Å². The molecule has 3 unspecified atom stereocenters. The molecule has 7 nitrogen and oxygen atoms in total. The molecule has 1 aromatic rings. The van der Waals surface area contributed by atoms with E-state index in [2.05, 4.69) is 5.32 Å². The van der Waals surface area contributed by atoms with E-state index in [1.807, 2.05) is 0 Å². The van der Waals surface area contributed by atoms with Crippen LogP contribution < -0.4 is 20.7 Å².